The molecule has 2 aliphatic rings. The Morgan fingerprint density at radius 2 is 1.76 bits per heavy atom. The highest BCUT2D eigenvalue weighted by atomic mass is 35.5. The van der Waals surface area contributed by atoms with Gasteiger partial charge in [-0.05, 0) is 67.1 Å². The molecule has 50 heavy (non-hydrogen) atoms. The van der Waals surface area contributed by atoms with Crippen molar-refractivity contribution in [3.05, 3.63) is 80.4 Å². The van der Waals surface area contributed by atoms with Crippen LogP contribution >= 0.6 is 34.8 Å². The van der Waals surface area contributed by atoms with Gasteiger partial charge in [0, 0.05) is 36.8 Å². The summed E-state index contributed by atoms with van der Waals surface area (Å²) in [4.78, 5) is 46.4. The van der Waals surface area contributed by atoms with Crippen molar-refractivity contribution in [1.29, 1.82) is 0 Å². The number of halogens is 6. The quantitative estimate of drug-likeness (QED) is 0.197. The van der Waals surface area contributed by atoms with Crippen LogP contribution in [0.5, 0.6) is 11.6 Å². The molecule has 10 nitrogen and oxygen atoms in total. The highest BCUT2D eigenvalue weighted by Gasteiger charge is 2.41. The SMILES string of the molecule is Cc1cc(Cl)c(OCCOc2ccc(N3C(=O)CNC[C@@H]3C(=O)N(Cc3cc(CCNC(=O)CC(F)(F)F)ccc3Cl)C3CC3)cn2)c(Cl)c1. The number of carbonyl (C=O) groups excluding carboxylic acids is 3. The normalized spacial score (nSPS) is 16.3. The number of aromatic nitrogens is 1. The van der Waals surface area contributed by atoms with Crippen LogP contribution in [-0.2, 0) is 27.3 Å². The molecule has 3 aromatic rings. The van der Waals surface area contributed by atoms with E-state index in [0.717, 1.165) is 24.0 Å². The standard InChI is InChI=1S/C34H35Cl3F3N5O5/c1-20-12-26(36)32(27(37)13-20)50-11-10-49-30-7-5-24(16-43-30)45-28(17-41-18-31(45)47)33(48)44(23-3-4-23)19-22-14-21(2-6-25(22)35)8-9-42-29(46)15-34(38,39)40/h2,5-7,12-14,16,23,28,41H,3-4,8-11,15,17-19H2,1H3,(H,42,46)/t28-/m1/s1. The number of piperazine rings is 1. The number of amides is 3. The van der Waals surface area contributed by atoms with Gasteiger partial charge in [-0.2, -0.15) is 13.2 Å². The molecular weight excluding hydrogens is 722 g/mol. The van der Waals surface area contributed by atoms with Crippen molar-refractivity contribution in [3.8, 4) is 11.6 Å². The molecule has 0 spiro atoms. The van der Waals surface area contributed by atoms with Crippen LogP contribution in [0.2, 0.25) is 15.1 Å². The predicted molar refractivity (Wildman–Crippen MR) is 183 cm³/mol. The number of nitrogens with zero attached hydrogens (tertiary/aromatic N) is 3. The maximum absolute atomic E-state index is 14.1. The number of aryl methyl sites for hydroxylation is 1. The number of nitrogens with one attached hydrogen (secondary N) is 2. The van der Waals surface area contributed by atoms with Crippen LogP contribution in [0.1, 0.15) is 36.0 Å². The Bertz CT molecular complexity index is 1690. The van der Waals surface area contributed by atoms with Gasteiger partial charge in [0.1, 0.15) is 25.7 Å². The summed E-state index contributed by atoms with van der Waals surface area (Å²) in [5, 5.41) is 6.51. The Morgan fingerprint density at radius 1 is 1.04 bits per heavy atom. The van der Waals surface area contributed by atoms with Crippen molar-refractivity contribution in [2.75, 3.05) is 37.7 Å². The number of hydrogen-bond acceptors (Lipinski definition) is 7. The summed E-state index contributed by atoms with van der Waals surface area (Å²) >= 11 is 19.0. The van der Waals surface area contributed by atoms with Crippen molar-refractivity contribution in [3.63, 3.8) is 0 Å². The van der Waals surface area contributed by atoms with E-state index in [4.69, 9.17) is 44.3 Å². The topological polar surface area (TPSA) is 113 Å². The van der Waals surface area contributed by atoms with Crippen LogP contribution in [0.4, 0.5) is 18.9 Å². The molecule has 1 saturated heterocycles. The largest absolute Gasteiger partial charge is 0.487 e. The number of ether oxygens (including phenoxy) is 2. The molecule has 2 heterocycles. The van der Waals surface area contributed by atoms with Gasteiger partial charge in [-0.25, -0.2) is 4.98 Å². The van der Waals surface area contributed by atoms with Crippen molar-refractivity contribution in [2.24, 2.45) is 0 Å². The first-order valence-corrected chi connectivity index (χ1v) is 17.0. The predicted octanol–water partition coefficient (Wildman–Crippen LogP) is 5.92. The fourth-order valence-electron chi connectivity index (χ4n) is 5.55. The highest BCUT2D eigenvalue weighted by molar-refractivity contribution is 6.37. The van der Waals surface area contributed by atoms with Gasteiger partial charge in [0.05, 0.1) is 28.5 Å². The molecule has 1 aromatic heterocycles. The summed E-state index contributed by atoms with van der Waals surface area (Å²) in [5.41, 5.74) is 2.72. The summed E-state index contributed by atoms with van der Waals surface area (Å²) < 4.78 is 48.8. The average Bonchev–Trinajstić information content (AvgIpc) is 3.89. The van der Waals surface area contributed by atoms with E-state index in [9.17, 15) is 27.6 Å². The fraction of sp³-hybridized carbons (Fsp3) is 0.412. The maximum Gasteiger partial charge on any atom is 0.397 e. The summed E-state index contributed by atoms with van der Waals surface area (Å²) in [7, 11) is 0. The Morgan fingerprint density at radius 3 is 2.42 bits per heavy atom. The minimum absolute atomic E-state index is 0.00882. The van der Waals surface area contributed by atoms with E-state index in [1.165, 1.54) is 11.1 Å². The fourth-order valence-corrected chi connectivity index (χ4v) is 6.43. The summed E-state index contributed by atoms with van der Waals surface area (Å²) in [6.45, 7) is 2.61. The van der Waals surface area contributed by atoms with Gasteiger partial charge >= 0.3 is 6.18 Å². The molecule has 0 radical (unpaired) electrons. The average molecular weight is 757 g/mol. The van der Waals surface area contributed by atoms with Crippen molar-refractivity contribution in [2.45, 2.75) is 57.4 Å². The zero-order valence-corrected chi connectivity index (χ0v) is 29.3. The lowest BCUT2D eigenvalue weighted by Gasteiger charge is -2.38. The molecule has 2 aromatic carbocycles. The first-order chi connectivity index (χ1) is 23.8. The van der Waals surface area contributed by atoms with E-state index < -0.39 is 24.5 Å². The Kier molecular flexibility index (Phi) is 12.4. The van der Waals surface area contributed by atoms with Gasteiger partial charge < -0.3 is 25.0 Å². The van der Waals surface area contributed by atoms with Crippen LogP contribution in [-0.4, -0.2) is 78.7 Å². The molecule has 1 atom stereocenters. The molecule has 3 amide bonds. The van der Waals surface area contributed by atoms with E-state index in [1.807, 2.05) is 6.92 Å². The Hall–Kier alpha value is -3.78. The smallest absolute Gasteiger partial charge is 0.397 e. The molecule has 2 N–H and O–H groups in total. The third-order valence-electron chi connectivity index (χ3n) is 8.02. The van der Waals surface area contributed by atoms with E-state index >= 15 is 0 Å². The first-order valence-electron chi connectivity index (χ1n) is 15.9. The van der Waals surface area contributed by atoms with Crippen LogP contribution in [0.3, 0.4) is 0 Å². The van der Waals surface area contributed by atoms with Gasteiger partial charge in [0.15, 0.2) is 5.75 Å². The number of benzene rings is 2. The van der Waals surface area contributed by atoms with Gasteiger partial charge in [0.2, 0.25) is 23.6 Å². The van der Waals surface area contributed by atoms with Crippen LogP contribution in [0.25, 0.3) is 0 Å². The van der Waals surface area contributed by atoms with Gasteiger partial charge in [-0.3, -0.25) is 19.3 Å². The van der Waals surface area contributed by atoms with Gasteiger partial charge in [-0.15, -0.1) is 0 Å². The zero-order valence-electron chi connectivity index (χ0n) is 27.0. The highest BCUT2D eigenvalue weighted by Crippen LogP contribution is 2.35. The monoisotopic (exact) mass is 755 g/mol. The minimum atomic E-state index is -4.58. The van der Waals surface area contributed by atoms with Crippen LogP contribution in [0, 0.1) is 6.92 Å². The third kappa shape index (κ3) is 10.1. The van der Waals surface area contributed by atoms with Crippen molar-refractivity contribution < 1.29 is 37.0 Å². The van der Waals surface area contributed by atoms with Gasteiger partial charge in [-0.1, -0.05) is 46.9 Å². The lowest BCUT2D eigenvalue weighted by atomic mass is 10.1. The number of rotatable bonds is 14. The molecule has 2 fully saturated rings. The number of pyridine rings is 1. The second-order valence-corrected chi connectivity index (χ2v) is 13.3. The molecule has 0 unspecified atom stereocenters. The third-order valence-corrected chi connectivity index (χ3v) is 8.95. The lowest BCUT2D eigenvalue weighted by molar-refractivity contribution is -0.153. The maximum atomic E-state index is 14.1. The minimum Gasteiger partial charge on any atom is -0.487 e. The molecular formula is C34H35Cl3F3N5O5. The van der Waals surface area contributed by atoms with E-state index in [-0.39, 0.29) is 69.5 Å². The Balaban J connectivity index is 1.21. The van der Waals surface area contributed by atoms with Crippen LogP contribution < -0.4 is 25.0 Å². The van der Waals surface area contributed by atoms with E-state index in [2.05, 4.69) is 15.6 Å². The van der Waals surface area contributed by atoms with Crippen molar-refractivity contribution >= 4 is 58.2 Å². The number of hydrogen-bond donors (Lipinski definition) is 2. The molecule has 1 aliphatic heterocycles. The molecule has 0 bridgehead atoms. The number of alkyl halides is 3. The summed E-state index contributed by atoms with van der Waals surface area (Å²) in [6.07, 6.45) is -2.79. The zero-order chi connectivity index (χ0) is 36.0. The van der Waals surface area contributed by atoms with Crippen molar-refractivity contribution in [1.82, 2.24) is 20.5 Å². The van der Waals surface area contributed by atoms with E-state index in [0.29, 0.717) is 32.1 Å². The molecule has 1 aliphatic carbocycles. The molecule has 268 valence electrons. The second-order valence-electron chi connectivity index (χ2n) is 12.0. The summed E-state index contributed by atoms with van der Waals surface area (Å²) in [5.74, 6) is -1.01. The number of anilines is 1. The Labute approximate surface area is 302 Å². The van der Waals surface area contributed by atoms with Gasteiger partial charge in [0.25, 0.3) is 0 Å². The van der Waals surface area contributed by atoms with Crippen LogP contribution in [0.15, 0.2) is 48.7 Å². The summed E-state index contributed by atoms with van der Waals surface area (Å²) in [6, 6.07) is 11.0. The molecule has 16 heteroatoms. The second kappa shape index (κ2) is 16.5. The molecule has 1 saturated carbocycles. The molecule has 5 rings (SSSR count). The van der Waals surface area contributed by atoms with E-state index in [1.54, 1.807) is 47.4 Å². The lowest BCUT2D eigenvalue weighted by Crippen LogP contribution is -2.61. The number of carbonyl (C=O) groups is 3. The first kappa shape index (κ1) is 37.5.